The Morgan fingerprint density at radius 3 is 2.84 bits per heavy atom. The number of thiazole rings is 1. The minimum atomic E-state index is -0.364. The van der Waals surface area contributed by atoms with Gasteiger partial charge in [-0.1, -0.05) is 6.07 Å². The minimum absolute atomic E-state index is 0.0977. The van der Waals surface area contributed by atoms with Crippen molar-refractivity contribution in [3.63, 3.8) is 0 Å². The van der Waals surface area contributed by atoms with Gasteiger partial charge in [-0.15, -0.1) is 11.3 Å². The largest absolute Gasteiger partial charge is 0.491 e. The van der Waals surface area contributed by atoms with Gasteiger partial charge in [0.15, 0.2) is 0 Å². The normalized spacial score (nSPS) is 11.5. The fourth-order valence-electron chi connectivity index (χ4n) is 3.57. The SMILES string of the molecule is Cc1ccc2nc(Cn3ccc4nc(-c5cc(OCCO)ccc5F)cc-4c3)sc2c1. The van der Waals surface area contributed by atoms with Crippen LogP contribution in [0.25, 0.3) is 32.7 Å². The first-order valence-corrected chi connectivity index (χ1v) is 10.8. The third-order valence-electron chi connectivity index (χ3n) is 5.04. The van der Waals surface area contributed by atoms with E-state index in [0.29, 0.717) is 23.6 Å². The predicted molar refractivity (Wildman–Crippen MR) is 120 cm³/mol. The van der Waals surface area contributed by atoms with E-state index in [4.69, 9.17) is 14.8 Å². The lowest BCUT2D eigenvalue weighted by Crippen LogP contribution is -2.01. The molecule has 0 saturated carbocycles. The maximum Gasteiger partial charge on any atom is 0.132 e. The predicted octanol–water partition coefficient (Wildman–Crippen LogP) is 5.13. The molecule has 1 N–H and O–H groups in total. The van der Waals surface area contributed by atoms with Gasteiger partial charge in [-0.2, -0.15) is 0 Å². The molecule has 3 heterocycles. The Kier molecular flexibility index (Phi) is 5.13. The number of hydrogen-bond acceptors (Lipinski definition) is 5. The van der Waals surface area contributed by atoms with Gasteiger partial charge in [0, 0.05) is 23.5 Å². The summed E-state index contributed by atoms with van der Waals surface area (Å²) < 4.78 is 23.1. The van der Waals surface area contributed by atoms with E-state index in [0.717, 1.165) is 21.8 Å². The molecule has 31 heavy (non-hydrogen) atoms. The molecule has 2 aliphatic heterocycles. The smallest absolute Gasteiger partial charge is 0.132 e. The molecule has 0 atom stereocenters. The van der Waals surface area contributed by atoms with Crippen molar-refractivity contribution in [3.8, 4) is 28.3 Å². The number of nitrogens with zero attached hydrogens (tertiary/aromatic N) is 3. The van der Waals surface area contributed by atoms with Gasteiger partial charge >= 0.3 is 0 Å². The van der Waals surface area contributed by atoms with Crippen LogP contribution in [0.3, 0.4) is 0 Å². The average Bonchev–Trinajstić information content (AvgIpc) is 3.35. The summed E-state index contributed by atoms with van der Waals surface area (Å²) in [6, 6.07) is 14.6. The van der Waals surface area contributed by atoms with Gasteiger partial charge < -0.3 is 14.4 Å². The van der Waals surface area contributed by atoms with Gasteiger partial charge in [-0.25, -0.2) is 14.4 Å². The van der Waals surface area contributed by atoms with E-state index in [-0.39, 0.29) is 19.0 Å². The number of fused-ring (bicyclic) bond motifs is 2. The zero-order valence-electron chi connectivity index (χ0n) is 16.9. The number of benzene rings is 2. The monoisotopic (exact) mass is 433 g/mol. The zero-order chi connectivity index (χ0) is 21.4. The van der Waals surface area contributed by atoms with Crippen LogP contribution in [0, 0.1) is 12.7 Å². The molecule has 1 aromatic heterocycles. The molecule has 0 unspecified atom stereocenters. The summed E-state index contributed by atoms with van der Waals surface area (Å²) in [6.07, 6.45) is 3.97. The van der Waals surface area contributed by atoms with Crippen molar-refractivity contribution in [2.75, 3.05) is 13.2 Å². The van der Waals surface area contributed by atoms with Crippen LogP contribution in [0.5, 0.6) is 5.75 Å². The van der Waals surface area contributed by atoms with Crippen molar-refractivity contribution < 1.29 is 14.2 Å². The maximum absolute atomic E-state index is 14.4. The summed E-state index contributed by atoms with van der Waals surface area (Å²) >= 11 is 1.69. The molecule has 5 nitrogen and oxygen atoms in total. The van der Waals surface area contributed by atoms with E-state index in [1.165, 1.54) is 16.3 Å². The third-order valence-corrected chi connectivity index (χ3v) is 6.04. The topological polar surface area (TPSA) is 60.2 Å². The Morgan fingerprint density at radius 1 is 1.06 bits per heavy atom. The number of hydrogen-bond donors (Lipinski definition) is 1. The first-order valence-electron chi connectivity index (χ1n) is 9.95. The van der Waals surface area contributed by atoms with Crippen LogP contribution >= 0.6 is 11.3 Å². The molecule has 0 fully saturated rings. The van der Waals surface area contributed by atoms with Crippen molar-refractivity contribution >= 4 is 21.6 Å². The van der Waals surface area contributed by atoms with Crippen molar-refractivity contribution in [3.05, 3.63) is 77.3 Å². The second-order valence-electron chi connectivity index (χ2n) is 7.39. The fourth-order valence-corrected chi connectivity index (χ4v) is 4.64. The summed E-state index contributed by atoms with van der Waals surface area (Å²) in [6.45, 7) is 2.80. The molecule has 0 spiro atoms. The number of aromatic nitrogens is 3. The number of aryl methyl sites for hydroxylation is 1. The summed E-state index contributed by atoms with van der Waals surface area (Å²) in [5.74, 6) is 0.135. The highest BCUT2D eigenvalue weighted by atomic mass is 32.1. The van der Waals surface area contributed by atoms with Crippen LogP contribution < -0.4 is 4.74 Å². The Balaban J connectivity index is 1.44. The van der Waals surface area contributed by atoms with Gasteiger partial charge in [0.2, 0.25) is 0 Å². The average molecular weight is 434 g/mol. The van der Waals surface area contributed by atoms with Gasteiger partial charge in [0.1, 0.15) is 23.2 Å². The number of pyridine rings is 1. The molecular weight excluding hydrogens is 413 g/mol. The highest BCUT2D eigenvalue weighted by molar-refractivity contribution is 7.18. The molecule has 0 saturated heterocycles. The van der Waals surface area contributed by atoms with Crippen LogP contribution in [0.2, 0.25) is 0 Å². The van der Waals surface area contributed by atoms with Gasteiger partial charge in [0.05, 0.1) is 34.8 Å². The van der Waals surface area contributed by atoms with E-state index in [2.05, 4.69) is 34.7 Å². The fraction of sp³-hybridized carbons (Fsp3) is 0.167. The Hall–Kier alpha value is -3.29. The summed E-state index contributed by atoms with van der Waals surface area (Å²) in [5, 5.41) is 9.96. The summed E-state index contributed by atoms with van der Waals surface area (Å²) in [5.41, 5.74) is 4.89. The molecule has 2 aromatic carbocycles. The number of halogens is 1. The van der Waals surface area contributed by atoms with Crippen LogP contribution in [-0.2, 0) is 6.54 Å². The van der Waals surface area contributed by atoms with Crippen molar-refractivity contribution in [1.29, 1.82) is 0 Å². The molecule has 0 amide bonds. The Bertz CT molecular complexity index is 1340. The number of rotatable bonds is 6. The van der Waals surface area contributed by atoms with E-state index >= 15 is 0 Å². The Morgan fingerprint density at radius 2 is 1.97 bits per heavy atom. The lowest BCUT2D eigenvalue weighted by Gasteiger charge is -2.06. The lowest BCUT2D eigenvalue weighted by atomic mass is 10.1. The number of aliphatic hydroxyl groups is 1. The van der Waals surface area contributed by atoms with Gasteiger partial charge in [0.25, 0.3) is 0 Å². The zero-order valence-corrected chi connectivity index (χ0v) is 17.7. The van der Waals surface area contributed by atoms with Crippen LogP contribution in [-0.4, -0.2) is 32.9 Å². The summed E-state index contributed by atoms with van der Waals surface area (Å²) in [7, 11) is 0. The van der Waals surface area contributed by atoms with E-state index in [1.54, 1.807) is 23.5 Å². The van der Waals surface area contributed by atoms with E-state index in [9.17, 15) is 4.39 Å². The quantitative estimate of drug-likeness (QED) is 0.403. The molecule has 2 aliphatic rings. The Labute approximate surface area is 182 Å². The van der Waals surface area contributed by atoms with Crippen LogP contribution in [0.4, 0.5) is 4.39 Å². The standard InChI is InChI=1S/C24H20FN3O2S/c1-15-2-5-21-23(10-15)31-24(27-21)14-28-7-6-20-16(13-28)11-22(26-20)18-12-17(30-9-8-29)3-4-19(18)25/h2-7,10-13,29H,8-9,14H2,1H3. The number of ether oxygens (including phenoxy) is 1. The molecule has 0 bridgehead atoms. The minimum Gasteiger partial charge on any atom is -0.491 e. The lowest BCUT2D eigenvalue weighted by molar-refractivity contribution is 0.201. The van der Waals surface area contributed by atoms with Crippen molar-refractivity contribution in [1.82, 2.24) is 14.5 Å². The molecule has 0 aliphatic carbocycles. The van der Waals surface area contributed by atoms with Crippen LogP contribution in [0.15, 0.2) is 60.9 Å². The first kappa shape index (κ1) is 19.7. The van der Waals surface area contributed by atoms with Crippen molar-refractivity contribution in [2.45, 2.75) is 13.5 Å². The number of aliphatic hydroxyl groups excluding tert-OH is 1. The van der Waals surface area contributed by atoms with Crippen LogP contribution in [0.1, 0.15) is 10.6 Å². The second-order valence-corrected chi connectivity index (χ2v) is 8.51. The van der Waals surface area contributed by atoms with E-state index in [1.807, 2.05) is 24.5 Å². The summed E-state index contributed by atoms with van der Waals surface area (Å²) in [4.78, 5) is 9.32. The molecule has 0 radical (unpaired) electrons. The third kappa shape index (κ3) is 4.02. The maximum atomic E-state index is 14.4. The highest BCUT2D eigenvalue weighted by Crippen LogP contribution is 2.32. The second kappa shape index (κ2) is 8.09. The molecule has 7 heteroatoms. The van der Waals surface area contributed by atoms with Gasteiger partial charge in [-0.3, -0.25) is 0 Å². The first-order chi connectivity index (χ1) is 15.1. The van der Waals surface area contributed by atoms with E-state index < -0.39 is 0 Å². The van der Waals surface area contributed by atoms with Gasteiger partial charge in [-0.05, 0) is 55.0 Å². The molecule has 3 aromatic rings. The highest BCUT2D eigenvalue weighted by Gasteiger charge is 2.15. The van der Waals surface area contributed by atoms with Crippen molar-refractivity contribution in [2.24, 2.45) is 0 Å². The molecular formula is C24H20FN3O2S. The molecule has 156 valence electrons. The molecule has 5 rings (SSSR count).